The second-order valence-electron chi connectivity index (χ2n) is 5.08. The molecule has 1 aromatic rings. The van der Waals surface area contributed by atoms with Gasteiger partial charge in [-0.25, -0.2) is 0 Å². The van der Waals surface area contributed by atoms with E-state index < -0.39 is 4.92 Å². The predicted molar refractivity (Wildman–Crippen MR) is 72.2 cm³/mol. The highest BCUT2D eigenvalue weighted by molar-refractivity contribution is 5.49. The first kappa shape index (κ1) is 13.7. The number of pyridine rings is 1. The van der Waals surface area contributed by atoms with Gasteiger partial charge in [-0.15, -0.1) is 0 Å². The van der Waals surface area contributed by atoms with Crippen LogP contribution in [0, 0.1) is 10.1 Å². The molecule has 19 heavy (non-hydrogen) atoms. The first-order valence-corrected chi connectivity index (χ1v) is 6.59. The largest absolute Gasteiger partial charge is 0.393 e. The summed E-state index contributed by atoms with van der Waals surface area (Å²) in [5, 5.41) is 20.4. The minimum Gasteiger partial charge on any atom is -0.393 e. The van der Waals surface area contributed by atoms with E-state index in [1.165, 1.54) is 6.07 Å². The van der Waals surface area contributed by atoms with Gasteiger partial charge in [-0.2, -0.15) is 0 Å². The Hall–Kier alpha value is -1.69. The van der Waals surface area contributed by atoms with Gasteiger partial charge in [0.05, 0.1) is 11.8 Å². The molecule has 3 unspecified atom stereocenters. The van der Waals surface area contributed by atoms with Gasteiger partial charge in [0.15, 0.2) is 6.20 Å². The maximum Gasteiger partial charge on any atom is 0.363 e. The van der Waals surface area contributed by atoms with Crippen LogP contribution in [-0.4, -0.2) is 33.2 Å². The molecule has 0 bridgehead atoms. The Labute approximate surface area is 112 Å². The maximum absolute atomic E-state index is 10.6. The van der Waals surface area contributed by atoms with Crippen LogP contribution in [0.2, 0.25) is 0 Å². The Kier molecular flexibility index (Phi) is 3.99. The Bertz CT molecular complexity index is 449. The molecule has 3 atom stereocenters. The first-order chi connectivity index (χ1) is 9.02. The van der Waals surface area contributed by atoms with Gasteiger partial charge in [-0.3, -0.25) is 0 Å². The molecule has 6 heteroatoms. The fraction of sp³-hybridized carbons (Fsp3) is 0.615. The van der Waals surface area contributed by atoms with Gasteiger partial charge in [0.25, 0.3) is 0 Å². The van der Waals surface area contributed by atoms with Crippen LogP contribution in [0.4, 0.5) is 11.5 Å². The highest BCUT2D eigenvalue weighted by Gasteiger charge is 2.32. The highest BCUT2D eigenvalue weighted by atomic mass is 16.6. The molecule has 0 spiro atoms. The van der Waals surface area contributed by atoms with Gasteiger partial charge < -0.3 is 20.1 Å². The lowest BCUT2D eigenvalue weighted by molar-refractivity contribution is -0.389. The summed E-state index contributed by atoms with van der Waals surface area (Å²) in [6.07, 6.45) is 3.67. The molecule has 1 fully saturated rings. The third kappa shape index (κ3) is 2.84. The molecule has 0 amide bonds. The van der Waals surface area contributed by atoms with E-state index in [4.69, 9.17) is 0 Å². The zero-order valence-corrected chi connectivity index (χ0v) is 11.2. The Morgan fingerprint density at radius 3 is 2.79 bits per heavy atom. The van der Waals surface area contributed by atoms with E-state index in [0.29, 0.717) is 6.42 Å². The summed E-state index contributed by atoms with van der Waals surface area (Å²) in [7, 11) is 0. The molecule has 0 aromatic carbocycles. The van der Waals surface area contributed by atoms with E-state index >= 15 is 0 Å². The quantitative estimate of drug-likeness (QED) is 0.669. The molecule has 0 radical (unpaired) electrons. The van der Waals surface area contributed by atoms with Crippen molar-refractivity contribution in [1.82, 2.24) is 4.98 Å². The number of rotatable bonds is 3. The molecule has 0 aliphatic carbocycles. The average Bonchev–Trinajstić information content (AvgIpc) is 2.38. The number of nitro groups is 1. The van der Waals surface area contributed by atoms with Gasteiger partial charge in [-0.1, -0.05) is 6.92 Å². The van der Waals surface area contributed by atoms with Crippen LogP contribution in [0.5, 0.6) is 0 Å². The fourth-order valence-corrected chi connectivity index (χ4v) is 2.86. The molecule has 1 saturated heterocycles. The number of aliphatic hydroxyl groups excluding tert-OH is 1. The van der Waals surface area contributed by atoms with Crippen molar-refractivity contribution < 1.29 is 10.0 Å². The smallest absolute Gasteiger partial charge is 0.363 e. The molecule has 2 heterocycles. The van der Waals surface area contributed by atoms with Crippen molar-refractivity contribution in [2.75, 3.05) is 4.90 Å². The van der Waals surface area contributed by atoms with E-state index in [-0.39, 0.29) is 24.0 Å². The number of anilines is 1. The van der Waals surface area contributed by atoms with Gasteiger partial charge in [0.1, 0.15) is 0 Å². The molecule has 2 rings (SSSR count). The van der Waals surface area contributed by atoms with E-state index in [0.717, 1.165) is 18.5 Å². The van der Waals surface area contributed by atoms with Crippen LogP contribution in [0.15, 0.2) is 18.3 Å². The number of hydrogen-bond donors (Lipinski definition) is 1. The van der Waals surface area contributed by atoms with Crippen molar-refractivity contribution in [3.63, 3.8) is 0 Å². The lowest BCUT2D eigenvalue weighted by atomic mass is 9.92. The van der Waals surface area contributed by atoms with E-state index in [9.17, 15) is 15.2 Å². The van der Waals surface area contributed by atoms with E-state index in [2.05, 4.69) is 23.7 Å². The van der Waals surface area contributed by atoms with E-state index in [1.807, 2.05) is 0 Å². The van der Waals surface area contributed by atoms with Crippen LogP contribution in [-0.2, 0) is 0 Å². The highest BCUT2D eigenvalue weighted by Crippen LogP contribution is 2.31. The fourth-order valence-electron chi connectivity index (χ4n) is 2.86. The van der Waals surface area contributed by atoms with Crippen LogP contribution in [0.3, 0.4) is 0 Å². The number of nitrogens with zero attached hydrogens (tertiary/aromatic N) is 3. The summed E-state index contributed by atoms with van der Waals surface area (Å²) in [4.78, 5) is 16.2. The average molecular weight is 265 g/mol. The summed E-state index contributed by atoms with van der Waals surface area (Å²) in [5.74, 6) is -0.138. The SMILES string of the molecule is CCC1CC(O)CC(C)N1c1ccc([N+](=O)[O-])nc1. The summed E-state index contributed by atoms with van der Waals surface area (Å²) in [6, 6.07) is 3.63. The van der Waals surface area contributed by atoms with Crippen molar-refractivity contribution in [2.45, 2.75) is 51.3 Å². The van der Waals surface area contributed by atoms with Gasteiger partial charge in [0, 0.05) is 18.2 Å². The molecule has 1 aliphatic heterocycles. The Balaban J connectivity index is 2.25. The predicted octanol–water partition coefficient (Wildman–Crippen LogP) is 2.12. The molecular weight excluding hydrogens is 246 g/mol. The number of hydrogen-bond acceptors (Lipinski definition) is 5. The van der Waals surface area contributed by atoms with Crippen molar-refractivity contribution >= 4 is 11.5 Å². The Morgan fingerprint density at radius 2 is 2.26 bits per heavy atom. The zero-order chi connectivity index (χ0) is 14.0. The molecule has 0 saturated carbocycles. The molecule has 1 aromatic heterocycles. The van der Waals surface area contributed by atoms with Crippen molar-refractivity contribution in [3.8, 4) is 0 Å². The summed E-state index contributed by atoms with van der Waals surface area (Å²) in [5.41, 5.74) is 0.886. The Morgan fingerprint density at radius 1 is 1.53 bits per heavy atom. The standard InChI is InChI=1S/C13H19N3O3/c1-3-10-7-12(17)6-9(2)15(10)11-4-5-13(14-8-11)16(18)19/h4-5,8-10,12,17H,3,6-7H2,1-2H3. The number of aliphatic hydroxyl groups is 1. The summed E-state index contributed by atoms with van der Waals surface area (Å²) >= 11 is 0. The third-order valence-corrected chi connectivity index (χ3v) is 3.71. The van der Waals surface area contributed by atoms with Crippen molar-refractivity contribution in [2.24, 2.45) is 0 Å². The molecule has 104 valence electrons. The second-order valence-corrected chi connectivity index (χ2v) is 5.08. The van der Waals surface area contributed by atoms with Crippen LogP contribution in [0.25, 0.3) is 0 Å². The van der Waals surface area contributed by atoms with Crippen LogP contribution < -0.4 is 4.90 Å². The van der Waals surface area contributed by atoms with Crippen LogP contribution >= 0.6 is 0 Å². The molecule has 1 N–H and O–H groups in total. The monoisotopic (exact) mass is 265 g/mol. The maximum atomic E-state index is 10.6. The van der Waals surface area contributed by atoms with Crippen molar-refractivity contribution in [3.05, 3.63) is 28.4 Å². The minimum atomic E-state index is -0.496. The van der Waals surface area contributed by atoms with E-state index in [1.54, 1.807) is 12.3 Å². The lowest BCUT2D eigenvalue weighted by Crippen LogP contribution is -2.49. The van der Waals surface area contributed by atoms with Gasteiger partial charge in [-0.05, 0) is 42.2 Å². The first-order valence-electron chi connectivity index (χ1n) is 6.59. The molecule has 1 aliphatic rings. The number of aromatic nitrogens is 1. The zero-order valence-electron chi connectivity index (χ0n) is 11.2. The topological polar surface area (TPSA) is 79.5 Å². The summed E-state index contributed by atoms with van der Waals surface area (Å²) < 4.78 is 0. The number of piperidine rings is 1. The lowest BCUT2D eigenvalue weighted by Gasteiger charge is -2.43. The molecule has 6 nitrogen and oxygen atoms in total. The van der Waals surface area contributed by atoms with Crippen LogP contribution in [0.1, 0.15) is 33.1 Å². The van der Waals surface area contributed by atoms with Gasteiger partial charge in [0.2, 0.25) is 0 Å². The second kappa shape index (κ2) is 5.52. The normalized spacial score (nSPS) is 27.3. The molecular formula is C13H19N3O3. The minimum absolute atomic E-state index is 0.138. The summed E-state index contributed by atoms with van der Waals surface area (Å²) in [6.45, 7) is 4.15. The third-order valence-electron chi connectivity index (χ3n) is 3.71. The van der Waals surface area contributed by atoms with Crippen molar-refractivity contribution in [1.29, 1.82) is 0 Å². The van der Waals surface area contributed by atoms with Gasteiger partial charge >= 0.3 is 5.82 Å².